The molecular formula is C12H10OSe. The van der Waals surface area contributed by atoms with Gasteiger partial charge in [-0.05, 0) is 0 Å². The number of ketones is 1. The number of carbonyl (C=O) groups excluding carboxylic acids is 1. The molecule has 0 unspecified atom stereocenters. The molecule has 0 aliphatic heterocycles. The normalized spacial score (nSPS) is 15.9. The van der Waals surface area contributed by atoms with Crippen molar-refractivity contribution in [3.8, 4) is 0 Å². The predicted octanol–water partition coefficient (Wildman–Crippen LogP) is 2.42. The van der Waals surface area contributed by atoms with Crippen molar-refractivity contribution in [2.24, 2.45) is 0 Å². The fourth-order valence-corrected chi connectivity index (χ4v) is 4.77. The molecule has 2 aromatic rings. The van der Waals surface area contributed by atoms with Crippen LogP contribution in [0, 0.1) is 0 Å². The molecule has 0 N–H and O–H groups in total. The Kier molecular flexibility index (Phi) is 1.86. The number of fused-ring (bicyclic) bond motifs is 3. The van der Waals surface area contributed by atoms with Crippen molar-refractivity contribution in [3.05, 3.63) is 34.3 Å². The quantitative estimate of drug-likeness (QED) is 0.655. The second kappa shape index (κ2) is 3.08. The fraction of sp³-hybridized carbons (Fsp3) is 0.250. The zero-order chi connectivity index (χ0) is 9.54. The van der Waals surface area contributed by atoms with Crippen LogP contribution in [0.2, 0.25) is 0 Å². The van der Waals surface area contributed by atoms with E-state index in [1.165, 1.54) is 14.1 Å². The van der Waals surface area contributed by atoms with E-state index in [1.54, 1.807) is 0 Å². The molecule has 0 fully saturated rings. The first-order chi connectivity index (χ1) is 6.86. The van der Waals surface area contributed by atoms with E-state index in [9.17, 15) is 4.79 Å². The Morgan fingerprint density at radius 3 is 2.93 bits per heavy atom. The number of Topliss-reactive ketones (excluding diaryl/α,β-unsaturated/α-hetero) is 1. The Balaban J connectivity index is 2.39. The summed E-state index contributed by atoms with van der Waals surface area (Å²) in [4.78, 5) is 11.8. The number of hydrogen-bond acceptors (Lipinski definition) is 1. The molecule has 3 rings (SSSR count). The van der Waals surface area contributed by atoms with Crippen molar-refractivity contribution in [3.63, 3.8) is 0 Å². The van der Waals surface area contributed by atoms with E-state index >= 15 is 0 Å². The first kappa shape index (κ1) is 8.46. The topological polar surface area (TPSA) is 17.1 Å². The molecule has 0 saturated carbocycles. The number of hydrogen-bond donors (Lipinski definition) is 0. The zero-order valence-electron chi connectivity index (χ0n) is 7.75. The van der Waals surface area contributed by atoms with Gasteiger partial charge in [-0.25, -0.2) is 0 Å². The van der Waals surface area contributed by atoms with Crippen LogP contribution in [0.4, 0.5) is 0 Å². The molecule has 0 spiro atoms. The maximum absolute atomic E-state index is 11.8. The Bertz CT molecular complexity index is 510. The SMILES string of the molecule is O=C1CCCc2[se]c3ccccc3c21. The minimum atomic E-state index is 0.373. The number of aryl methyl sites for hydroxylation is 1. The molecule has 0 radical (unpaired) electrons. The van der Waals surface area contributed by atoms with E-state index in [0.29, 0.717) is 20.3 Å². The van der Waals surface area contributed by atoms with Crippen molar-refractivity contribution in [1.82, 2.24) is 0 Å². The number of rotatable bonds is 0. The average Bonchev–Trinajstić information content (AvgIpc) is 2.57. The third-order valence-electron chi connectivity index (χ3n) is 2.75. The van der Waals surface area contributed by atoms with Crippen LogP contribution in [0.5, 0.6) is 0 Å². The van der Waals surface area contributed by atoms with Crippen LogP contribution < -0.4 is 0 Å². The molecule has 0 amide bonds. The first-order valence-corrected chi connectivity index (χ1v) is 6.61. The van der Waals surface area contributed by atoms with Gasteiger partial charge in [0, 0.05) is 0 Å². The van der Waals surface area contributed by atoms with Gasteiger partial charge in [0.2, 0.25) is 0 Å². The first-order valence-electron chi connectivity index (χ1n) is 4.90. The van der Waals surface area contributed by atoms with Crippen LogP contribution in [0.25, 0.3) is 9.65 Å². The van der Waals surface area contributed by atoms with Crippen molar-refractivity contribution in [1.29, 1.82) is 0 Å². The number of benzene rings is 1. The monoisotopic (exact) mass is 250 g/mol. The van der Waals surface area contributed by atoms with Gasteiger partial charge >= 0.3 is 88.3 Å². The Morgan fingerprint density at radius 1 is 1.14 bits per heavy atom. The molecular weight excluding hydrogens is 239 g/mol. The zero-order valence-corrected chi connectivity index (χ0v) is 9.46. The molecule has 1 heterocycles. The summed E-state index contributed by atoms with van der Waals surface area (Å²) in [5.74, 6) is 0.373. The van der Waals surface area contributed by atoms with Crippen LogP contribution in [0.1, 0.15) is 27.6 Å². The van der Waals surface area contributed by atoms with Gasteiger partial charge in [-0.15, -0.1) is 0 Å². The van der Waals surface area contributed by atoms with E-state index < -0.39 is 0 Å². The van der Waals surface area contributed by atoms with Gasteiger partial charge in [0.15, 0.2) is 0 Å². The average molecular weight is 249 g/mol. The maximum atomic E-state index is 11.8. The Labute approximate surface area is 88.5 Å². The molecule has 1 aromatic carbocycles. The van der Waals surface area contributed by atoms with Gasteiger partial charge in [-0.2, -0.15) is 0 Å². The predicted molar refractivity (Wildman–Crippen MR) is 58.2 cm³/mol. The van der Waals surface area contributed by atoms with Crippen molar-refractivity contribution in [2.75, 3.05) is 0 Å². The fourth-order valence-electron chi connectivity index (χ4n) is 2.11. The van der Waals surface area contributed by atoms with Crippen molar-refractivity contribution >= 4 is 29.9 Å². The third kappa shape index (κ3) is 1.11. The van der Waals surface area contributed by atoms with Crippen LogP contribution in [0.15, 0.2) is 24.3 Å². The molecule has 1 aliphatic rings. The molecule has 70 valence electrons. The van der Waals surface area contributed by atoms with Crippen molar-refractivity contribution in [2.45, 2.75) is 19.3 Å². The van der Waals surface area contributed by atoms with E-state index in [2.05, 4.69) is 18.2 Å². The van der Waals surface area contributed by atoms with E-state index in [0.717, 1.165) is 24.8 Å². The van der Waals surface area contributed by atoms with Gasteiger partial charge in [0.1, 0.15) is 0 Å². The summed E-state index contributed by atoms with van der Waals surface area (Å²) in [5.41, 5.74) is 1.08. The van der Waals surface area contributed by atoms with Gasteiger partial charge < -0.3 is 0 Å². The molecule has 0 atom stereocenters. The van der Waals surface area contributed by atoms with Gasteiger partial charge in [-0.3, -0.25) is 0 Å². The molecule has 1 aliphatic carbocycles. The Hall–Kier alpha value is -0.851. The Morgan fingerprint density at radius 2 is 2.00 bits per heavy atom. The third-order valence-corrected chi connectivity index (χ3v) is 5.34. The molecule has 1 aromatic heterocycles. The molecule has 1 nitrogen and oxygen atoms in total. The summed E-state index contributed by atoms with van der Waals surface area (Å²) in [7, 11) is 0. The van der Waals surface area contributed by atoms with Gasteiger partial charge in [-0.1, -0.05) is 0 Å². The molecule has 0 bridgehead atoms. The second-order valence-electron chi connectivity index (χ2n) is 3.67. The molecule has 14 heavy (non-hydrogen) atoms. The second-order valence-corrected chi connectivity index (χ2v) is 6.06. The van der Waals surface area contributed by atoms with E-state index in [4.69, 9.17) is 0 Å². The summed E-state index contributed by atoms with van der Waals surface area (Å²) >= 11 is 0.433. The minimum absolute atomic E-state index is 0.373. The van der Waals surface area contributed by atoms with E-state index in [1.807, 2.05) is 6.07 Å². The molecule has 0 saturated heterocycles. The summed E-state index contributed by atoms with van der Waals surface area (Å²) in [6.45, 7) is 0. The number of carbonyl (C=O) groups is 1. The van der Waals surface area contributed by atoms with Crippen LogP contribution in [0.3, 0.4) is 0 Å². The molecule has 2 heteroatoms. The van der Waals surface area contributed by atoms with Crippen LogP contribution in [-0.2, 0) is 6.42 Å². The standard InChI is InChI=1S/C12H10OSe/c13-9-5-3-7-11-12(9)8-4-1-2-6-10(8)14-11/h1-2,4,6H,3,5,7H2. The van der Waals surface area contributed by atoms with Gasteiger partial charge in [0.05, 0.1) is 0 Å². The van der Waals surface area contributed by atoms with E-state index in [-0.39, 0.29) is 0 Å². The summed E-state index contributed by atoms with van der Waals surface area (Å²) in [6.07, 6.45) is 2.96. The summed E-state index contributed by atoms with van der Waals surface area (Å²) in [6, 6.07) is 8.37. The van der Waals surface area contributed by atoms with Crippen molar-refractivity contribution < 1.29 is 4.79 Å². The summed E-state index contributed by atoms with van der Waals surface area (Å²) < 4.78 is 2.84. The summed E-state index contributed by atoms with van der Waals surface area (Å²) in [5, 5.41) is 1.23. The van der Waals surface area contributed by atoms with Gasteiger partial charge in [0.25, 0.3) is 0 Å². The van der Waals surface area contributed by atoms with Crippen LogP contribution in [-0.4, -0.2) is 20.3 Å². The van der Waals surface area contributed by atoms with Crippen LogP contribution >= 0.6 is 0 Å².